The number of hydrogen-bond acceptors (Lipinski definition) is 4. The van der Waals surface area contributed by atoms with Crippen LogP contribution in [0.1, 0.15) is 18.4 Å². The van der Waals surface area contributed by atoms with E-state index in [9.17, 15) is 9.59 Å². The quantitative estimate of drug-likeness (QED) is 0.807. The van der Waals surface area contributed by atoms with E-state index in [4.69, 9.17) is 9.47 Å². The van der Waals surface area contributed by atoms with Crippen LogP contribution in [-0.4, -0.2) is 38.6 Å². The Kier molecular flexibility index (Phi) is 5.03. The van der Waals surface area contributed by atoms with Crippen molar-refractivity contribution >= 4 is 11.8 Å². The van der Waals surface area contributed by atoms with E-state index in [1.165, 1.54) is 0 Å². The highest BCUT2D eigenvalue weighted by molar-refractivity contribution is 5.82. The van der Waals surface area contributed by atoms with Crippen LogP contribution in [0.4, 0.5) is 0 Å². The monoisotopic (exact) mass is 292 g/mol. The van der Waals surface area contributed by atoms with Crippen LogP contribution < -0.4 is 20.1 Å². The minimum atomic E-state index is -0.0876. The van der Waals surface area contributed by atoms with Gasteiger partial charge in [0.2, 0.25) is 11.8 Å². The van der Waals surface area contributed by atoms with Crippen molar-refractivity contribution in [2.45, 2.75) is 25.3 Å². The molecule has 0 bridgehead atoms. The minimum Gasteiger partial charge on any atom is -0.493 e. The molecule has 1 saturated heterocycles. The third kappa shape index (κ3) is 4.11. The molecule has 0 radical (unpaired) electrons. The van der Waals surface area contributed by atoms with E-state index in [1.54, 1.807) is 14.2 Å². The highest BCUT2D eigenvalue weighted by Crippen LogP contribution is 2.27. The molecule has 0 spiro atoms. The summed E-state index contributed by atoms with van der Waals surface area (Å²) in [4.78, 5) is 22.9. The minimum absolute atomic E-state index is 0.0137. The van der Waals surface area contributed by atoms with Crippen molar-refractivity contribution < 1.29 is 19.1 Å². The van der Waals surface area contributed by atoms with Gasteiger partial charge in [0.1, 0.15) is 0 Å². The van der Waals surface area contributed by atoms with Gasteiger partial charge < -0.3 is 20.1 Å². The summed E-state index contributed by atoms with van der Waals surface area (Å²) in [6.07, 6.45) is 1.35. The molecule has 2 amide bonds. The molecule has 0 aliphatic carbocycles. The summed E-state index contributed by atoms with van der Waals surface area (Å²) in [6.45, 7) is 0.515. The number of amides is 2. The van der Waals surface area contributed by atoms with Crippen molar-refractivity contribution in [3.63, 3.8) is 0 Å². The van der Waals surface area contributed by atoms with Gasteiger partial charge in [0, 0.05) is 19.4 Å². The maximum Gasteiger partial charge on any atom is 0.222 e. The first kappa shape index (κ1) is 15.2. The number of carbonyl (C=O) groups is 2. The smallest absolute Gasteiger partial charge is 0.222 e. The molecule has 6 heteroatoms. The summed E-state index contributed by atoms with van der Waals surface area (Å²) in [5.74, 6) is 1.26. The predicted octanol–water partition coefficient (Wildman–Crippen LogP) is 0.641. The van der Waals surface area contributed by atoms with Crippen LogP contribution in [0.2, 0.25) is 0 Å². The molecule has 1 atom stereocenters. The van der Waals surface area contributed by atoms with Crippen molar-refractivity contribution in [2.75, 3.05) is 20.8 Å². The molecule has 21 heavy (non-hydrogen) atoms. The second-order valence-electron chi connectivity index (χ2n) is 4.96. The standard InChI is InChI=1S/C15H20N2O4/c1-20-12-5-3-10(7-13(12)21-2)4-6-14(18)17-11-8-15(19)16-9-11/h3,5,7,11H,4,6,8-9H2,1-2H3,(H,16,19)(H,17,18). The van der Waals surface area contributed by atoms with Gasteiger partial charge in [-0.3, -0.25) is 9.59 Å². The van der Waals surface area contributed by atoms with E-state index in [-0.39, 0.29) is 17.9 Å². The Bertz CT molecular complexity index is 530. The largest absolute Gasteiger partial charge is 0.493 e. The summed E-state index contributed by atoms with van der Waals surface area (Å²) >= 11 is 0. The number of nitrogens with one attached hydrogen (secondary N) is 2. The zero-order chi connectivity index (χ0) is 15.2. The molecule has 0 aromatic heterocycles. The van der Waals surface area contributed by atoms with Crippen LogP contribution in [0.25, 0.3) is 0 Å². The predicted molar refractivity (Wildman–Crippen MR) is 77.4 cm³/mol. The zero-order valence-electron chi connectivity index (χ0n) is 12.3. The van der Waals surface area contributed by atoms with Crippen LogP contribution >= 0.6 is 0 Å². The molecule has 1 aliphatic rings. The Morgan fingerprint density at radius 3 is 2.71 bits per heavy atom. The van der Waals surface area contributed by atoms with E-state index in [1.807, 2.05) is 18.2 Å². The molecule has 2 N–H and O–H groups in total. The summed E-state index contributed by atoms with van der Waals surface area (Å²) in [6, 6.07) is 5.52. The van der Waals surface area contributed by atoms with Crippen LogP contribution in [0.3, 0.4) is 0 Å². The fraction of sp³-hybridized carbons (Fsp3) is 0.467. The molecule has 1 aromatic rings. The van der Waals surface area contributed by atoms with Crippen LogP contribution in [0.5, 0.6) is 11.5 Å². The number of carbonyl (C=O) groups excluding carboxylic acids is 2. The van der Waals surface area contributed by atoms with Crippen molar-refractivity contribution in [1.29, 1.82) is 0 Å². The van der Waals surface area contributed by atoms with E-state index in [2.05, 4.69) is 10.6 Å². The molecule has 1 aliphatic heterocycles. The van der Waals surface area contributed by atoms with Crippen LogP contribution in [-0.2, 0) is 16.0 Å². The SMILES string of the molecule is COc1ccc(CCC(=O)NC2CNC(=O)C2)cc1OC. The molecule has 2 rings (SSSR count). The van der Waals surface area contributed by atoms with E-state index in [0.717, 1.165) is 5.56 Å². The van der Waals surface area contributed by atoms with Gasteiger partial charge in [-0.05, 0) is 24.1 Å². The Labute approximate surface area is 123 Å². The van der Waals surface area contributed by atoms with Gasteiger partial charge in [0.25, 0.3) is 0 Å². The molecule has 1 unspecified atom stereocenters. The van der Waals surface area contributed by atoms with Gasteiger partial charge in [-0.15, -0.1) is 0 Å². The molecular formula is C15H20N2O4. The number of rotatable bonds is 6. The topological polar surface area (TPSA) is 76.7 Å². The summed E-state index contributed by atoms with van der Waals surface area (Å²) in [5, 5.41) is 5.54. The first-order valence-corrected chi connectivity index (χ1v) is 6.89. The summed E-state index contributed by atoms with van der Waals surface area (Å²) < 4.78 is 10.4. The molecular weight excluding hydrogens is 272 g/mol. The van der Waals surface area contributed by atoms with Gasteiger partial charge in [0.15, 0.2) is 11.5 Å². The summed E-state index contributed by atoms with van der Waals surface area (Å²) in [7, 11) is 3.17. The highest BCUT2D eigenvalue weighted by atomic mass is 16.5. The van der Waals surface area contributed by atoms with Gasteiger partial charge in [-0.25, -0.2) is 0 Å². The normalized spacial score (nSPS) is 17.2. The second-order valence-corrected chi connectivity index (χ2v) is 4.96. The van der Waals surface area contributed by atoms with Gasteiger partial charge in [-0.1, -0.05) is 6.07 Å². The molecule has 114 valence electrons. The fourth-order valence-corrected chi connectivity index (χ4v) is 2.30. The first-order valence-electron chi connectivity index (χ1n) is 6.89. The number of aryl methyl sites for hydroxylation is 1. The number of hydrogen-bond donors (Lipinski definition) is 2. The number of benzene rings is 1. The summed E-state index contributed by atoms with van der Waals surface area (Å²) in [5.41, 5.74) is 1.00. The average molecular weight is 292 g/mol. The Morgan fingerprint density at radius 1 is 1.33 bits per heavy atom. The highest BCUT2D eigenvalue weighted by Gasteiger charge is 2.22. The lowest BCUT2D eigenvalue weighted by Crippen LogP contribution is -2.36. The Balaban J connectivity index is 1.84. The van der Waals surface area contributed by atoms with Gasteiger partial charge in [0.05, 0.1) is 20.3 Å². The molecule has 1 heterocycles. The Morgan fingerprint density at radius 2 is 2.10 bits per heavy atom. The maximum absolute atomic E-state index is 11.9. The Hall–Kier alpha value is -2.24. The lowest BCUT2D eigenvalue weighted by Gasteiger charge is -2.11. The second kappa shape index (κ2) is 6.97. The first-order chi connectivity index (χ1) is 10.1. The average Bonchev–Trinajstić information content (AvgIpc) is 2.89. The molecule has 1 aromatic carbocycles. The molecule has 6 nitrogen and oxygen atoms in total. The number of methoxy groups -OCH3 is 2. The van der Waals surface area contributed by atoms with Crippen molar-refractivity contribution in [1.82, 2.24) is 10.6 Å². The zero-order valence-corrected chi connectivity index (χ0v) is 12.3. The van der Waals surface area contributed by atoms with E-state index >= 15 is 0 Å². The third-order valence-electron chi connectivity index (χ3n) is 3.43. The van der Waals surface area contributed by atoms with E-state index in [0.29, 0.717) is 37.3 Å². The number of ether oxygens (including phenoxy) is 2. The van der Waals surface area contributed by atoms with E-state index < -0.39 is 0 Å². The van der Waals surface area contributed by atoms with Crippen molar-refractivity contribution in [3.05, 3.63) is 23.8 Å². The molecule has 1 fully saturated rings. The third-order valence-corrected chi connectivity index (χ3v) is 3.43. The van der Waals surface area contributed by atoms with Gasteiger partial charge >= 0.3 is 0 Å². The fourth-order valence-electron chi connectivity index (χ4n) is 2.30. The van der Waals surface area contributed by atoms with Crippen LogP contribution in [0.15, 0.2) is 18.2 Å². The van der Waals surface area contributed by atoms with Crippen LogP contribution in [0, 0.1) is 0 Å². The van der Waals surface area contributed by atoms with Gasteiger partial charge in [-0.2, -0.15) is 0 Å². The maximum atomic E-state index is 11.9. The lowest BCUT2D eigenvalue weighted by atomic mass is 10.1. The molecule has 0 saturated carbocycles. The van der Waals surface area contributed by atoms with Crippen molar-refractivity contribution in [3.8, 4) is 11.5 Å². The lowest BCUT2D eigenvalue weighted by molar-refractivity contribution is -0.121. The van der Waals surface area contributed by atoms with Crippen molar-refractivity contribution in [2.24, 2.45) is 0 Å².